The molecule has 0 saturated carbocycles. The van der Waals surface area contributed by atoms with Gasteiger partial charge in [0.15, 0.2) is 0 Å². The van der Waals surface area contributed by atoms with Gasteiger partial charge in [-0.25, -0.2) is 0 Å². The summed E-state index contributed by atoms with van der Waals surface area (Å²) in [5.41, 5.74) is 2.46. The van der Waals surface area contributed by atoms with E-state index in [0.717, 1.165) is 27.4 Å². The van der Waals surface area contributed by atoms with E-state index in [4.69, 9.17) is 11.9 Å². The molecule has 0 aliphatic carbocycles. The van der Waals surface area contributed by atoms with Crippen molar-refractivity contribution in [2.45, 2.75) is 0 Å². The summed E-state index contributed by atoms with van der Waals surface area (Å²) in [4.78, 5) is 4.55. The van der Waals surface area contributed by atoms with E-state index in [1.54, 1.807) is 12.2 Å². The van der Waals surface area contributed by atoms with E-state index in [9.17, 15) is 0 Å². The Balaban J connectivity index is 2.22. The number of fused-ring (bicyclic) bond motifs is 3. The van der Waals surface area contributed by atoms with Crippen molar-refractivity contribution in [2.24, 2.45) is 0 Å². The molecule has 0 fully saturated rings. The molecule has 0 unspecified atom stereocenters. The summed E-state index contributed by atoms with van der Waals surface area (Å²) in [6.07, 6.45) is 7.12. The molecule has 1 radical (unpaired) electrons. The quantitative estimate of drug-likeness (QED) is 0.527. The van der Waals surface area contributed by atoms with Crippen LogP contribution in [0.1, 0.15) is 5.89 Å². The maximum absolute atomic E-state index is 5.96. The molecule has 0 aliphatic heterocycles. The number of rotatable bonds is 4. The minimum atomic E-state index is 0.555. The molecular formula is C18H13BNO. The van der Waals surface area contributed by atoms with Crippen LogP contribution in [0.2, 0.25) is 0 Å². The van der Waals surface area contributed by atoms with Gasteiger partial charge in [0.05, 0.1) is 0 Å². The molecule has 0 spiro atoms. The fraction of sp³-hybridized carbons (Fsp3) is 0. The normalized spacial score (nSPS) is 12.2. The molecule has 3 heteroatoms. The molecule has 1 heterocycles. The molecule has 3 aromatic rings. The summed E-state index contributed by atoms with van der Waals surface area (Å²) < 4.78 is 5.96. The summed E-state index contributed by atoms with van der Waals surface area (Å²) in [6, 6.07) is 12.1. The second kappa shape index (κ2) is 5.75. The van der Waals surface area contributed by atoms with E-state index in [1.165, 1.54) is 5.97 Å². The van der Waals surface area contributed by atoms with Crippen molar-refractivity contribution in [1.82, 2.24) is 4.98 Å². The number of nitrogens with zero attached hydrogens (tertiary/aromatic N) is 1. The standard InChI is InChI=1S/C18H13BNO/c1-2-6-14(8-5-12-19)18-20-16-11-10-13-7-3-4-9-15(13)17(16)21-18/h2-12H,1H2/b8-5-,14-6+. The van der Waals surface area contributed by atoms with Crippen molar-refractivity contribution in [3.05, 3.63) is 73.2 Å². The average molecular weight is 270 g/mol. The van der Waals surface area contributed by atoms with Gasteiger partial charge >= 0.3 is 123 Å². The predicted molar refractivity (Wildman–Crippen MR) is 90.6 cm³/mol. The van der Waals surface area contributed by atoms with Crippen LogP contribution in [0.5, 0.6) is 0 Å². The average Bonchev–Trinajstić information content (AvgIpc) is 2.96. The van der Waals surface area contributed by atoms with E-state index >= 15 is 0 Å². The van der Waals surface area contributed by atoms with Gasteiger partial charge < -0.3 is 0 Å². The number of hydrogen-bond acceptors (Lipinski definition) is 2. The molecule has 2 nitrogen and oxygen atoms in total. The summed E-state index contributed by atoms with van der Waals surface area (Å²) >= 11 is 0. The fourth-order valence-corrected chi connectivity index (χ4v) is 2.26. The number of benzene rings is 2. The Labute approximate surface area is 124 Å². The Kier molecular flexibility index (Phi) is 3.65. The van der Waals surface area contributed by atoms with E-state index < -0.39 is 0 Å². The first-order valence-corrected chi connectivity index (χ1v) is 6.66. The zero-order chi connectivity index (χ0) is 14.7. The van der Waals surface area contributed by atoms with Crippen LogP contribution >= 0.6 is 0 Å². The van der Waals surface area contributed by atoms with Gasteiger partial charge in [0, 0.05) is 0 Å². The third-order valence-electron chi connectivity index (χ3n) is 3.21. The summed E-state index contributed by atoms with van der Waals surface area (Å²) in [5.74, 6) is 2.02. The summed E-state index contributed by atoms with van der Waals surface area (Å²) in [7, 11) is 5.38. The van der Waals surface area contributed by atoms with Crippen LogP contribution < -0.4 is 0 Å². The van der Waals surface area contributed by atoms with E-state index in [2.05, 4.69) is 17.6 Å². The van der Waals surface area contributed by atoms with Gasteiger partial charge in [-0.05, 0) is 0 Å². The van der Waals surface area contributed by atoms with Crippen LogP contribution in [0, 0.1) is 0 Å². The number of allylic oxidation sites excluding steroid dienone is 5. The second-order valence-electron chi connectivity index (χ2n) is 4.56. The van der Waals surface area contributed by atoms with Crippen LogP contribution in [0.4, 0.5) is 0 Å². The number of aromatic nitrogens is 1. The molecule has 0 amide bonds. The monoisotopic (exact) mass is 270 g/mol. The molecule has 0 aliphatic rings. The van der Waals surface area contributed by atoms with Crippen LogP contribution in [-0.2, 0) is 0 Å². The van der Waals surface area contributed by atoms with E-state index in [-0.39, 0.29) is 0 Å². The molecule has 0 atom stereocenters. The first kappa shape index (κ1) is 13.3. The van der Waals surface area contributed by atoms with E-state index in [0.29, 0.717) is 5.89 Å². The summed E-state index contributed by atoms with van der Waals surface area (Å²) in [5, 5.41) is 2.19. The third-order valence-corrected chi connectivity index (χ3v) is 3.21. The second-order valence-corrected chi connectivity index (χ2v) is 4.56. The van der Waals surface area contributed by atoms with E-state index in [1.807, 2.05) is 42.5 Å². The fourth-order valence-electron chi connectivity index (χ4n) is 2.26. The molecule has 21 heavy (non-hydrogen) atoms. The van der Waals surface area contributed by atoms with Crippen molar-refractivity contribution in [3.8, 4) is 0 Å². The Hall–Kier alpha value is -2.68. The third kappa shape index (κ3) is 2.50. The topological polar surface area (TPSA) is 26.0 Å². The number of hydrogen-bond donors (Lipinski definition) is 0. The molecule has 0 N–H and O–H groups in total. The molecule has 99 valence electrons. The van der Waals surface area contributed by atoms with Crippen molar-refractivity contribution >= 4 is 40.9 Å². The van der Waals surface area contributed by atoms with Crippen molar-refractivity contribution in [3.63, 3.8) is 0 Å². The van der Waals surface area contributed by atoms with Crippen LogP contribution in [0.3, 0.4) is 0 Å². The van der Waals surface area contributed by atoms with Crippen LogP contribution in [0.25, 0.3) is 27.4 Å². The van der Waals surface area contributed by atoms with Crippen LogP contribution in [0.15, 0.2) is 71.7 Å². The van der Waals surface area contributed by atoms with Crippen molar-refractivity contribution in [1.29, 1.82) is 0 Å². The van der Waals surface area contributed by atoms with Crippen molar-refractivity contribution < 1.29 is 4.42 Å². The molecular weight excluding hydrogens is 257 g/mol. The maximum atomic E-state index is 5.96. The zero-order valence-electron chi connectivity index (χ0n) is 11.5. The van der Waals surface area contributed by atoms with Gasteiger partial charge in [0.1, 0.15) is 0 Å². The SMILES string of the molecule is [B]=C/C=C\C(=C/C=C)c1nc2ccc3ccccc3c2o1. The van der Waals surface area contributed by atoms with Gasteiger partial charge in [0.25, 0.3) is 0 Å². The molecule has 2 aromatic carbocycles. The minimum absolute atomic E-state index is 0.555. The first-order valence-electron chi connectivity index (χ1n) is 6.66. The van der Waals surface area contributed by atoms with Gasteiger partial charge in [-0.15, -0.1) is 0 Å². The first-order chi connectivity index (χ1) is 10.3. The Morgan fingerprint density at radius 2 is 2.05 bits per heavy atom. The Morgan fingerprint density at radius 1 is 1.19 bits per heavy atom. The number of oxazole rings is 1. The van der Waals surface area contributed by atoms with Crippen molar-refractivity contribution in [2.75, 3.05) is 0 Å². The van der Waals surface area contributed by atoms with Gasteiger partial charge in [0.2, 0.25) is 0 Å². The molecule has 0 bridgehead atoms. The summed E-state index contributed by atoms with van der Waals surface area (Å²) in [6.45, 7) is 3.72. The van der Waals surface area contributed by atoms with Gasteiger partial charge in [-0.1, -0.05) is 0 Å². The molecule has 1 aromatic heterocycles. The van der Waals surface area contributed by atoms with Crippen LogP contribution in [-0.4, -0.2) is 18.4 Å². The Morgan fingerprint density at radius 3 is 2.86 bits per heavy atom. The zero-order valence-corrected chi connectivity index (χ0v) is 11.5. The molecule has 0 saturated heterocycles. The molecule has 3 rings (SSSR count). The predicted octanol–water partition coefficient (Wildman–Crippen LogP) is 4.08. The van der Waals surface area contributed by atoms with Gasteiger partial charge in [-0.3, -0.25) is 0 Å². The Bertz CT molecular complexity index is 887. The van der Waals surface area contributed by atoms with Gasteiger partial charge in [-0.2, -0.15) is 0 Å².